The smallest absolute Gasteiger partial charge is 0.357 e. The van der Waals surface area contributed by atoms with Crippen molar-refractivity contribution < 1.29 is 13.2 Å². The monoisotopic (exact) mass is 553 g/mol. The Labute approximate surface area is 200 Å². The Bertz CT molecular complexity index is 736. The van der Waals surface area contributed by atoms with Gasteiger partial charge in [-0.1, -0.05) is 24.6 Å². The van der Waals surface area contributed by atoms with E-state index in [1.807, 2.05) is 13.0 Å². The molecule has 0 radical (unpaired) electrons. The third kappa shape index (κ3) is 6.71. The Kier molecular flexibility index (Phi) is 9.44. The van der Waals surface area contributed by atoms with Crippen LogP contribution in [0.4, 0.5) is 13.2 Å². The van der Waals surface area contributed by atoms with Crippen LogP contribution < -0.4 is 10.6 Å². The van der Waals surface area contributed by atoms with Crippen molar-refractivity contribution in [1.29, 1.82) is 0 Å². The van der Waals surface area contributed by atoms with E-state index in [4.69, 9.17) is 4.99 Å². The number of rotatable bonds is 6. The van der Waals surface area contributed by atoms with E-state index in [1.165, 1.54) is 12.1 Å². The molecule has 0 bridgehead atoms. The molecule has 176 valence electrons. The zero-order valence-corrected chi connectivity index (χ0v) is 21.0. The van der Waals surface area contributed by atoms with Gasteiger partial charge >= 0.3 is 6.18 Å². The molecule has 1 aromatic rings. The maximum atomic E-state index is 13.2. The second-order valence-electron chi connectivity index (χ2n) is 8.69. The molecular formula is C22H35F3IN5. The lowest BCUT2D eigenvalue weighted by atomic mass is 9.64. The number of guanidine groups is 1. The van der Waals surface area contributed by atoms with E-state index in [9.17, 15) is 13.2 Å². The molecule has 0 aromatic heterocycles. The summed E-state index contributed by atoms with van der Waals surface area (Å²) in [5.41, 5.74) is -0.132. The summed E-state index contributed by atoms with van der Waals surface area (Å²) in [5, 5.41) is 6.72. The van der Waals surface area contributed by atoms with E-state index in [0.717, 1.165) is 69.6 Å². The average Bonchev–Trinajstić information content (AvgIpc) is 2.67. The van der Waals surface area contributed by atoms with Gasteiger partial charge in [0.25, 0.3) is 0 Å². The predicted molar refractivity (Wildman–Crippen MR) is 130 cm³/mol. The molecule has 0 spiro atoms. The minimum Gasteiger partial charge on any atom is -0.357 e. The van der Waals surface area contributed by atoms with Crippen LogP contribution in [0.3, 0.4) is 0 Å². The highest BCUT2D eigenvalue weighted by Gasteiger charge is 2.40. The first-order valence-electron chi connectivity index (χ1n) is 10.8. The van der Waals surface area contributed by atoms with Crippen molar-refractivity contribution >= 4 is 29.9 Å². The Morgan fingerprint density at radius 1 is 1.19 bits per heavy atom. The van der Waals surface area contributed by atoms with Crippen molar-refractivity contribution in [1.82, 2.24) is 20.4 Å². The van der Waals surface area contributed by atoms with E-state index in [1.54, 1.807) is 0 Å². The number of benzene rings is 1. The summed E-state index contributed by atoms with van der Waals surface area (Å²) in [6.45, 7) is 7.13. The average molecular weight is 553 g/mol. The maximum absolute atomic E-state index is 13.2. The van der Waals surface area contributed by atoms with Crippen molar-refractivity contribution in [2.45, 2.75) is 43.8 Å². The number of halogens is 4. The molecule has 0 amide bonds. The van der Waals surface area contributed by atoms with Crippen LogP contribution in [0.1, 0.15) is 37.3 Å². The SMILES string of the molecule is CCNC(=NCC1(c2cccc(C(F)(F)F)c2)CCC1)NCC1CN(C)CCN1C.I. The van der Waals surface area contributed by atoms with E-state index in [0.29, 0.717) is 12.6 Å². The Morgan fingerprint density at radius 2 is 1.94 bits per heavy atom. The first kappa shape index (κ1) is 26.2. The van der Waals surface area contributed by atoms with Crippen molar-refractivity contribution in [3.8, 4) is 0 Å². The highest BCUT2D eigenvalue weighted by molar-refractivity contribution is 14.0. The number of alkyl halides is 3. The molecule has 1 atom stereocenters. The van der Waals surface area contributed by atoms with Crippen molar-refractivity contribution in [3.63, 3.8) is 0 Å². The fraction of sp³-hybridized carbons (Fsp3) is 0.682. The first-order valence-corrected chi connectivity index (χ1v) is 10.8. The summed E-state index contributed by atoms with van der Waals surface area (Å²) in [4.78, 5) is 9.47. The standard InChI is InChI=1S/C22H34F3N5.HI/c1-4-26-20(27-14-19-15-29(2)11-12-30(19)3)28-16-21(9-6-10-21)17-7-5-8-18(13-17)22(23,24)25;/h5,7-8,13,19H,4,6,9-12,14-16H2,1-3H3,(H2,26,27,28);1H. The third-order valence-electron chi connectivity index (χ3n) is 6.48. The molecular weight excluding hydrogens is 518 g/mol. The number of nitrogens with zero attached hydrogens (tertiary/aromatic N) is 3. The zero-order chi connectivity index (χ0) is 21.8. The molecule has 9 heteroatoms. The van der Waals surface area contributed by atoms with Gasteiger partial charge in [0.2, 0.25) is 0 Å². The minimum atomic E-state index is -4.32. The molecule has 1 unspecified atom stereocenters. The van der Waals surface area contributed by atoms with E-state index in [2.05, 4.69) is 34.5 Å². The summed E-state index contributed by atoms with van der Waals surface area (Å²) in [7, 11) is 4.27. The topological polar surface area (TPSA) is 42.9 Å². The highest BCUT2D eigenvalue weighted by Crippen LogP contribution is 2.45. The van der Waals surface area contributed by atoms with Crippen LogP contribution in [0.15, 0.2) is 29.3 Å². The summed E-state index contributed by atoms with van der Waals surface area (Å²) in [6.07, 6.45) is -1.56. The van der Waals surface area contributed by atoms with Crippen LogP contribution in [-0.4, -0.2) is 75.2 Å². The number of hydrogen-bond donors (Lipinski definition) is 2. The Morgan fingerprint density at radius 3 is 2.55 bits per heavy atom. The summed E-state index contributed by atoms with van der Waals surface area (Å²) in [6, 6.07) is 6.18. The van der Waals surface area contributed by atoms with Gasteiger partial charge in [0.15, 0.2) is 5.96 Å². The van der Waals surface area contributed by atoms with Crippen molar-refractivity contribution in [3.05, 3.63) is 35.4 Å². The molecule has 1 heterocycles. The summed E-state index contributed by atoms with van der Waals surface area (Å²) >= 11 is 0. The van der Waals surface area contributed by atoms with Gasteiger partial charge in [0.05, 0.1) is 12.1 Å². The first-order chi connectivity index (χ1) is 14.2. The molecule has 1 aliphatic carbocycles. The fourth-order valence-electron chi connectivity index (χ4n) is 4.28. The Hall–Kier alpha value is -1.07. The van der Waals surface area contributed by atoms with Gasteiger partial charge in [0.1, 0.15) is 0 Å². The number of piperazine rings is 1. The largest absolute Gasteiger partial charge is 0.416 e. The Balaban J connectivity index is 0.00000341. The summed E-state index contributed by atoms with van der Waals surface area (Å²) < 4.78 is 39.5. The van der Waals surface area contributed by atoms with Crippen LogP contribution in [0.25, 0.3) is 0 Å². The second-order valence-corrected chi connectivity index (χ2v) is 8.69. The lowest BCUT2D eigenvalue weighted by molar-refractivity contribution is -0.137. The van der Waals surface area contributed by atoms with Gasteiger partial charge in [-0.15, -0.1) is 24.0 Å². The molecule has 1 saturated carbocycles. The van der Waals surface area contributed by atoms with Crippen LogP contribution in [-0.2, 0) is 11.6 Å². The van der Waals surface area contributed by atoms with Gasteiger partial charge < -0.3 is 15.5 Å². The number of hydrogen-bond acceptors (Lipinski definition) is 3. The highest BCUT2D eigenvalue weighted by atomic mass is 127. The lowest BCUT2D eigenvalue weighted by Crippen LogP contribution is -2.55. The van der Waals surface area contributed by atoms with Crippen LogP contribution in [0.2, 0.25) is 0 Å². The predicted octanol–water partition coefficient (Wildman–Crippen LogP) is 3.55. The number of nitrogens with one attached hydrogen (secondary N) is 2. The van der Waals surface area contributed by atoms with Crippen molar-refractivity contribution in [2.75, 3.05) is 53.4 Å². The van der Waals surface area contributed by atoms with Crippen molar-refractivity contribution in [2.24, 2.45) is 4.99 Å². The molecule has 5 nitrogen and oxygen atoms in total. The molecule has 1 saturated heterocycles. The van der Waals surface area contributed by atoms with Gasteiger partial charge in [-0.25, -0.2) is 0 Å². The molecule has 2 fully saturated rings. The molecule has 1 aliphatic heterocycles. The molecule has 31 heavy (non-hydrogen) atoms. The fourth-order valence-corrected chi connectivity index (χ4v) is 4.28. The third-order valence-corrected chi connectivity index (χ3v) is 6.48. The van der Waals surface area contributed by atoms with E-state index in [-0.39, 0.29) is 29.4 Å². The molecule has 1 aromatic carbocycles. The molecule has 3 rings (SSSR count). The van der Waals surface area contributed by atoms with E-state index >= 15 is 0 Å². The molecule has 2 N–H and O–H groups in total. The van der Waals surface area contributed by atoms with Crippen LogP contribution >= 0.6 is 24.0 Å². The van der Waals surface area contributed by atoms with Gasteiger partial charge in [-0.05, 0) is 45.5 Å². The van der Waals surface area contributed by atoms with Gasteiger partial charge in [-0.3, -0.25) is 9.89 Å². The number of likely N-dealkylation sites (N-methyl/N-ethyl adjacent to an activating group) is 2. The summed E-state index contributed by atoms with van der Waals surface area (Å²) in [5.74, 6) is 0.734. The van der Waals surface area contributed by atoms with Crippen LogP contribution in [0, 0.1) is 0 Å². The normalized spacial score (nSPS) is 22.4. The van der Waals surface area contributed by atoms with Gasteiger partial charge in [0, 0.05) is 44.2 Å². The number of aliphatic imine (C=N–C) groups is 1. The van der Waals surface area contributed by atoms with Gasteiger partial charge in [-0.2, -0.15) is 13.2 Å². The molecule has 2 aliphatic rings. The van der Waals surface area contributed by atoms with Crippen LogP contribution in [0.5, 0.6) is 0 Å². The minimum absolute atomic E-state index is 0. The second kappa shape index (κ2) is 11.2. The maximum Gasteiger partial charge on any atom is 0.416 e. The lowest BCUT2D eigenvalue weighted by Gasteiger charge is -2.42. The zero-order valence-electron chi connectivity index (χ0n) is 18.6. The van der Waals surface area contributed by atoms with E-state index < -0.39 is 11.7 Å². The quantitative estimate of drug-likeness (QED) is 0.322.